The highest BCUT2D eigenvalue weighted by Crippen LogP contribution is 2.29. The number of nitrogens with zero attached hydrogens (tertiary/aromatic N) is 3. The van der Waals surface area contributed by atoms with E-state index in [4.69, 9.17) is 4.74 Å². The van der Waals surface area contributed by atoms with E-state index in [2.05, 4.69) is 34.0 Å². The van der Waals surface area contributed by atoms with E-state index in [1.165, 1.54) is 11.3 Å². The van der Waals surface area contributed by atoms with E-state index in [1.54, 1.807) is 13.0 Å². The molecule has 0 saturated carbocycles. The number of ether oxygens (including phenoxy) is 1. The molecule has 1 aromatic heterocycles. The summed E-state index contributed by atoms with van der Waals surface area (Å²) < 4.78 is 5.10. The first-order chi connectivity index (χ1) is 13.9. The van der Waals surface area contributed by atoms with Gasteiger partial charge in [0.25, 0.3) is 0 Å². The van der Waals surface area contributed by atoms with Crippen LogP contribution < -0.4 is 5.32 Å². The van der Waals surface area contributed by atoms with Gasteiger partial charge in [0.05, 0.1) is 18.7 Å². The molecule has 7 nitrogen and oxygen atoms in total. The van der Waals surface area contributed by atoms with Crippen LogP contribution >= 0.6 is 11.3 Å². The highest BCUT2D eigenvalue weighted by molar-refractivity contribution is 7.16. The fourth-order valence-electron chi connectivity index (χ4n) is 4.40. The van der Waals surface area contributed by atoms with E-state index in [-0.39, 0.29) is 11.9 Å². The number of anilines is 1. The Balaban J connectivity index is 1.51. The number of esters is 1. The number of likely N-dealkylation sites (tertiary alicyclic amines) is 1. The molecule has 162 valence electrons. The van der Waals surface area contributed by atoms with Gasteiger partial charge in [0.2, 0.25) is 5.91 Å². The number of piperidine rings is 1. The third-order valence-electron chi connectivity index (χ3n) is 5.92. The lowest BCUT2D eigenvalue weighted by Gasteiger charge is -2.45. The molecule has 1 aromatic rings. The molecule has 2 fully saturated rings. The Morgan fingerprint density at radius 1 is 1.24 bits per heavy atom. The normalized spacial score (nSPS) is 24.4. The van der Waals surface area contributed by atoms with E-state index in [0.717, 1.165) is 50.6 Å². The average Bonchev–Trinajstić information content (AvgIpc) is 3.03. The van der Waals surface area contributed by atoms with Crippen LogP contribution in [0.3, 0.4) is 0 Å². The van der Waals surface area contributed by atoms with Crippen LogP contribution in [0.2, 0.25) is 0 Å². The summed E-state index contributed by atoms with van der Waals surface area (Å²) in [6, 6.07) is 2.39. The second kappa shape index (κ2) is 10.0. The minimum Gasteiger partial charge on any atom is -0.462 e. The van der Waals surface area contributed by atoms with E-state index in [0.29, 0.717) is 35.7 Å². The van der Waals surface area contributed by atoms with Crippen molar-refractivity contribution in [1.82, 2.24) is 14.7 Å². The lowest BCUT2D eigenvalue weighted by Crippen LogP contribution is -2.56. The Labute approximate surface area is 178 Å². The number of carbonyl (C=O) groups excluding carboxylic acids is 2. The molecule has 1 amide bonds. The van der Waals surface area contributed by atoms with Crippen molar-refractivity contribution in [3.63, 3.8) is 0 Å². The van der Waals surface area contributed by atoms with Crippen molar-refractivity contribution in [3.8, 4) is 0 Å². The largest absolute Gasteiger partial charge is 0.462 e. The topological polar surface area (TPSA) is 65.1 Å². The van der Waals surface area contributed by atoms with E-state index in [1.807, 2.05) is 6.92 Å². The van der Waals surface area contributed by atoms with Crippen LogP contribution in [-0.4, -0.2) is 92.1 Å². The van der Waals surface area contributed by atoms with Gasteiger partial charge in [-0.1, -0.05) is 6.92 Å². The van der Waals surface area contributed by atoms with Gasteiger partial charge in [0.1, 0.15) is 5.00 Å². The minimum atomic E-state index is -0.381. The molecule has 3 heterocycles. The predicted molar refractivity (Wildman–Crippen MR) is 117 cm³/mol. The molecule has 1 N–H and O–H groups in total. The van der Waals surface area contributed by atoms with Gasteiger partial charge >= 0.3 is 5.97 Å². The fraction of sp³-hybridized carbons (Fsp3) is 0.714. The molecular weight excluding hydrogens is 388 g/mol. The van der Waals surface area contributed by atoms with Crippen molar-refractivity contribution in [2.45, 2.75) is 33.2 Å². The number of nitrogens with one attached hydrogen (secondary N) is 1. The van der Waals surface area contributed by atoms with Crippen LogP contribution in [0.5, 0.6) is 0 Å². The van der Waals surface area contributed by atoms with Gasteiger partial charge in [0.15, 0.2) is 0 Å². The fourth-order valence-corrected chi connectivity index (χ4v) is 5.31. The molecule has 0 radical (unpaired) electrons. The number of amides is 1. The Morgan fingerprint density at radius 2 is 1.97 bits per heavy atom. The van der Waals surface area contributed by atoms with Crippen molar-refractivity contribution in [2.24, 2.45) is 5.92 Å². The van der Waals surface area contributed by atoms with Gasteiger partial charge in [-0.25, -0.2) is 4.79 Å². The molecule has 3 rings (SSSR count). The summed E-state index contributed by atoms with van der Waals surface area (Å²) in [5, 5.41) is 3.52. The van der Waals surface area contributed by atoms with Crippen molar-refractivity contribution in [2.75, 3.05) is 64.8 Å². The van der Waals surface area contributed by atoms with E-state index < -0.39 is 0 Å². The molecular formula is C21H34N4O3S. The van der Waals surface area contributed by atoms with E-state index in [9.17, 15) is 9.59 Å². The van der Waals surface area contributed by atoms with Gasteiger partial charge in [-0.15, -0.1) is 11.3 Å². The monoisotopic (exact) mass is 422 g/mol. The number of hydrogen-bond donors (Lipinski definition) is 1. The highest BCUT2D eigenvalue weighted by atomic mass is 32.1. The highest BCUT2D eigenvalue weighted by Gasteiger charge is 2.32. The van der Waals surface area contributed by atoms with Crippen molar-refractivity contribution in [1.29, 1.82) is 0 Å². The summed E-state index contributed by atoms with van der Waals surface area (Å²) in [6.07, 6.45) is 1.10. The van der Waals surface area contributed by atoms with Crippen LogP contribution in [0, 0.1) is 12.8 Å². The molecule has 2 atom stereocenters. The lowest BCUT2D eigenvalue weighted by atomic mass is 9.92. The standard InChI is InChI=1S/C21H34N4O3S/c1-5-28-21(27)17-12-16(3)29-20(17)22-19(26)14-24-7-6-18(15(2)13-24)25-10-8-23(4)9-11-25/h12,15,18H,5-11,13-14H2,1-4H3,(H,22,26)/t15-,18+/m1/s1. The zero-order chi connectivity index (χ0) is 21.0. The van der Waals surface area contributed by atoms with Crippen LogP contribution in [0.15, 0.2) is 6.07 Å². The van der Waals surface area contributed by atoms with Crippen LogP contribution in [0.1, 0.15) is 35.5 Å². The van der Waals surface area contributed by atoms with Crippen LogP contribution in [-0.2, 0) is 9.53 Å². The Bertz CT molecular complexity index is 715. The first kappa shape index (κ1) is 22.2. The minimum absolute atomic E-state index is 0.0670. The van der Waals surface area contributed by atoms with Gasteiger partial charge in [-0.05, 0) is 39.3 Å². The molecule has 2 saturated heterocycles. The summed E-state index contributed by atoms with van der Waals surface area (Å²) >= 11 is 1.42. The Kier molecular flexibility index (Phi) is 7.67. The molecule has 0 bridgehead atoms. The summed E-state index contributed by atoms with van der Waals surface area (Å²) in [5.41, 5.74) is 0.449. The molecule has 0 unspecified atom stereocenters. The molecule has 29 heavy (non-hydrogen) atoms. The predicted octanol–water partition coefficient (Wildman–Crippen LogP) is 2.13. The smallest absolute Gasteiger partial charge is 0.341 e. The molecule has 8 heteroatoms. The summed E-state index contributed by atoms with van der Waals surface area (Å²) in [6.45, 7) is 13.1. The Morgan fingerprint density at radius 3 is 2.62 bits per heavy atom. The number of carbonyl (C=O) groups is 2. The van der Waals surface area contributed by atoms with Crippen molar-refractivity contribution >= 4 is 28.2 Å². The third kappa shape index (κ3) is 5.78. The number of piperazine rings is 1. The Hall–Kier alpha value is -1.48. The quantitative estimate of drug-likeness (QED) is 0.709. The van der Waals surface area contributed by atoms with Crippen LogP contribution in [0.25, 0.3) is 0 Å². The number of thiophene rings is 1. The lowest BCUT2D eigenvalue weighted by molar-refractivity contribution is -0.118. The average molecular weight is 423 g/mol. The van der Waals surface area contributed by atoms with Gasteiger partial charge < -0.3 is 15.0 Å². The number of hydrogen-bond acceptors (Lipinski definition) is 7. The van der Waals surface area contributed by atoms with Crippen molar-refractivity contribution in [3.05, 3.63) is 16.5 Å². The maximum atomic E-state index is 12.6. The van der Waals surface area contributed by atoms with Crippen molar-refractivity contribution < 1.29 is 14.3 Å². The number of rotatable bonds is 6. The molecule has 0 aliphatic carbocycles. The molecule has 2 aliphatic heterocycles. The maximum absolute atomic E-state index is 12.6. The number of likely N-dealkylation sites (N-methyl/N-ethyl adjacent to an activating group) is 1. The summed E-state index contributed by atoms with van der Waals surface area (Å²) in [5.74, 6) is 0.0930. The SMILES string of the molecule is CCOC(=O)c1cc(C)sc1NC(=O)CN1CC[C@H](N2CCN(C)CC2)[C@H](C)C1. The van der Waals surface area contributed by atoms with E-state index >= 15 is 0 Å². The third-order valence-corrected chi connectivity index (χ3v) is 6.89. The first-order valence-electron chi connectivity index (χ1n) is 10.6. The molecule has 2 aliphatic rings. The van der Waals surface area contributed by atoms with Gasteiger partial charge in [0, 0.05) is 50.2 Å². The molecule has 0 aromatic carbocycles. The number of aryl methyl sites for hydroxylation is 1. The zero-order valence-corrected chi connectivity index (χ0v) is 18.9. The summed E-state index contributed by atoms with van der Waals surface area (Å²) in [4.78, 5) is 33.0. The second-order valence-electron chi connectivity index (χ2n) is 8.28. The van der Waals surface area contributed by atoms with Gasteiger partial charge in [-0.2, -0.15) is 0 Å². The maximum Gasteiger partial charge on any atom is 0.341 e. The first-order valence-corrected chi connectivity index (χ1v) is 11.4. The second-order valence-corrected chi connectivity index (χ2v) is 9.53. The summed E-state index contributed by atoms with van der Waals surface area (Å²) in [7, 11) is 2.18. The molecule has 0 spiro atoms. The van der Waals surface area contributed by atoms with Crippen LogP contribution in [0.4, 0.5) is 5.00 Å². The van der Waals surface area contributed by atoms with Gasteiger partial charge in [-0.3, -0.25) is 14.6 Å². The zero-order valence-electron chi connectivity index (χ0n) is 18.1.